The molecule has 3 heteroatoms. The second-order valence-electron chi connectivity index (χ2n) is 3.67. The quantitative estimate of drug-likeness (QED) is 0.542. The highest BCUT2D eigenvalue weighted by Crippen LogP contribution is 2.45. The Morgan fingerprint density at radius 1 is 1.18 bits per heavy atom. The van der Waals surface area contributed by atoms with Crippen LogP contribution in [-0.2, 0) is 9.59 Å². The number of Topliss-reactive ketones (excluding diaryl/α,β-unsaturated/α-hetero) is 1. The van der Waals surface area contributed by atoms with Gasteiger partial charge in [-0.25, -0.2) is 0 Å². The maximum absolute atomic E-state index is 11.0. The van der Waals surface area contributed by atoms with Crippen LogP contribution in [0.15, 0.2) is 0 Å². The predicted molar refractivity (Wildman–Crippen MR) is 38.9 cm³/mol. The van der Waals surface area contributed by atoms with Crippen molar-refractivity contribution in [2.75, 3.05) is 6.54 Å². The molecule has 3 nitrogen and oxygen atoms in total. The first-order valence-electron chi connectivity index (χ1n) is 3.99. The van der Waals surface area contributed by atoms with E-state index in [4.69, 9.17) is 0 Å². The monoisotopic (exact) mass is 153 g/mol. The molecule has 1 aliphatic carbocycles. The summed E-state index contributed by atoms with van der Waals surface area (Å²) in [6, 6.07) is 0. The van der Waals surface area contributed by atoms with Crippen molar-refractivity contribution in [3.05, 3.63) is 0 Å². The predicted octanol–water partition coefficient (Wildman–Crippen LogP) is 0.246. The zero-order valence-electron chi connectivity index (χ0n) is 6.35. The molecule has 60 valence electrons. The van der Waals surface area contributed by atoms with Gasteiger partial charge in [0.2, 0.25) is 5.91 Å². The molecular formula is C8H11NO2. The Bertz CT molecular complexity index is 214. The van der Waals surface area contributed by atoms with Crippen molar-refractivity contribution in [2.24, 2.45) is 5.41 Å². The molecule has 0 atom stereocenters. The van der Waals surface area contributed by atoms with Crippen LogP contribution in [-0.4, -0.2) is 18.2 Å². The first-order valence-corrected chi connectivity index (χ1v) is 3.99. The molecule has 2 rings (SSSR count). The zero-order chi connectivity index (χ0) is 7.90. The summed E-state index contributed by atoms with van der Waals surface area (Å²) >= 11 is 0. The third kappa shape index (κ3) is 1.04. The van der Waals surface area contributed by atoms with E-state index in [2.05, 4.69) is 5.32 Å². The molecule has 11 heavy (non-hydrogen) atoms. The van der Waals surface area contributed by atoms with Gasteiger partial charge in [-0.15, -0.1) is 0 Å². The lowest BCUT2D eigenvalue weighted by Gasteiger charge is -2.42. The Labute approximate surface area is 65.2 Å². The van der Waals surface area contributed by atoms with Gasteiger partial charge in [0.25, 0.3) is 0 Å². The van der Waals surface area contributed by atoms with Crippen molar-refractivity contribution in [2.45, 2.75) is 25.7 Å². The summed E-state index contributed by atoms with van der Waals surface area (Å²) in [5.74, 6) is 0.434. The number of amides is 1. The van der Waals surface area contributed by atoms with Crippen molar-refractivity contribution in [1.29, 1.82) is 0 Å². The number of carbonyl (C=O) groups is 2. The van der Waals surface area contributed by atoms with E-state index in [9.17, 15) is 9.59 Å². The van der Waals surface area contributed by atoms with Crippen molar-refractivity contribution >= 4 is 11.7 Å². The molecule has 1 aliphatic heterocycles. The van der Waals surface area contributed by atoms with Gasteiger partial charge in [-0.3, -0.25) is 9.59 Å². The average Bonchev–Trinajstić information content (AvgIpc) is 1.84. The zero-order valence-corrected chi connectivity index (χ0v) is 6.35. The van der Waals surface area contributed by atoms with Crippen LogP contribution in [0.3, 0.4) is 0 Å². The Kier molecular flexibility index (Phi) is 1.28. The minimum Gasteiger partial charge on any atom is -0.356 e. The number of ketones is 1. The lowest BCUT2D eigenvalue weighted by molar-refractivity contribution is -0.139. The van der Waals surface area contributed by atoms with Crippen molar-refractivity contribution in [1.82, 2.24) is 5.32 Å². The topological polar surface area (TPSA) is 46.2 Å². The highest BCUT2D eigenvalue weighted by molar-refractivity contribution is 5.89. The lowest BCUT2D eigenvalue weighted by atomic mass is 9.62. The smallest absolute Gasteiger partial charge is 0.220 e. The van der Waals surface area contributed by atoms with E-state index in [1.807, 2.05) is 0 Å². The van der Waals surface area contributed by atoms with E-state index < -0.39 is 0 Å². The second kappa shape index (κ2) is 2.06. The molecule has 1 spiro atoms. The van der Waals surface area contributed by atoms with Crippen LogP contribution in [0.1, 0.15) is 25.7 Å². The fourth-order valence-corrected chi connectivity index (χ4v) is 2.05. The summed E-state index contributed by atoms with van der Waals surface area (Å²) in [6.45, 7) is 0.756. The number of hydrogen-bond donors (Lipinski definition) is 1. The fourth-order valence-electron chi connectivity index (χ4n) is 2.05. The summed E-state index contributed by atoms with van der Waals surface area (Å²) in [4.78, 5) is 21.7. The molecule has 1 saturated carbocycles. The van der Waals surface area contributed by atoms with Crippen LogP contribution < -0.4 is 5.32 Å². The highest BCUT2D eigenvalue weighted by Gasteiger charge is 2.46. The Hall–Kier alpha value is -0.860. The van der Waals surface area contributed by atoms with Gasteiger partial charge in [0.15, 0.2) is 0 Å². The molecule has 2 aliphatic rings. The molecule has 0 aromatic heterocycles. The van der Waals surface area contributed by atoms with Crippen LogP contribution in [0, 0.1) is 5.41 Å². The van der Waals surface area contributed by atoms with Gasteiger partial charge in [0.1, 0.15) is 5.78 Å². The molecule has 2 fully saturated rings. The van der Waals surface area contributed by atoms with Gasteiger partial charge >= 0.3 is 0 Å². The Balaban J connectivity index is 2.04. The molecule has 1 heterocycles. The second-order valence-corrected chi connectivity index (χ2v) is 3.67. The number of nitrogens with one attached hydrogen (secondary N) is 1. The summed E-state index contributed by atoms with van der Waals surface area (Å²) in [7, 11) is 0. The maximum Gasteiger partial charge on any atom is 0.220 e. The van der Waals surface area contributed by atoms with Crippen LogP contribution >= 0.6 is 0 Å². The van der Waals surface area contributed by atoms with E-state index in [0.717, 1.165) is 13.0 Å². The molecule has 0 bridgehead atoms. The van der Waals surface area contributed by atoms with E-state index in [1.165, 1.54) is 0 Å². The van der Waals surface area contributed by atoms with Gasteiger partial charge in [0.05, 0.1) is 0 Å². The van der Waals surface area contributed by atoms with Crippen LogP contribution in [0.25, 0.3) is 0 Å². The van der Waals surface area contributed by atoms with Gasteiger partial charge in [-0.2, -0.15) is 0 Å². The molecule has 0 radical (unpaired) electrons. The van der Waals surface area contributed by atoms with Gasteiger partial charge in [0, 0.05) is 25.8 Å². The standard InChI is InChI=1S/C8H11NO2/c10-6-3-8(4-6)1-2-9-7(11)5-8/h1-5H2,(H,9,11). The largest absolute Gasteiger partial charge is 0.356 e. The summed E-state index contributed by atoms with van der Waals surface area (Å²) in [6.07, 6.45) is 2.84. The van der Waals surface area contributed by atoms with Gasteiger partial charge in [-0.1, -0.05) is 0 Å². The number of carbonyl (C=O) groups excluding carboxylic acids is 2. The van der Waals surface area contributed by atoms with Crippen LogP contribution in [0.2, 0.25) is 0 Å². The summed E-state index contributed by atoms with van der Waals surface area (Å²) < 4.78 is 0. The molecule has 1 amide bonds. The van der Waals surface area contributed by atoms with Crippen molar-refractivity contribution in [3.63, 3.8) is 0 Å². The summed E-state index contributed by atoms with van der Waals surface area (Å²) in [5.41, 5.74) is 0.0828. The van der Waals surface area contributed by atoms with Gasteiger partial charge in [-0.05, 0) is 11.8 Å². The maximum atomic E-state index is 11.0. The normalized spacial score (nSPS) is 28.0. The Morgan fingerprint density at radius 2 is 1.91 bits per heavy atom. The summed E-state index contributed by atoms with van der Waals surface area (Å²) in [5, 5.41) is 2.77. The van der Waals surface area contributed by atoms with Gasteiger partial charge < -0.3 is 5.32 Å². The highest BCUT2D eigenvalue weighted by atomic mass is 16.2. The number of piperidine rings is 1. The Morgan fingerprint density at radius 3 is 2.45 bits per heavy atom. The lowest BCUT2D eigenvalue weighted by Crippen LogP contribution is -2.48. The molecule has 0 aromatic rings. The third-order valence-corrected chi connectivity index (χ3v) is 2.66. The number of rotatable bonds is 0. The van der Waals surface area contributed by atoms with E-state index in [1.54, 1.807) is 0 Å². The van der Waals surface area contributed by atoms with Crippen LogP contribution in [0.4, 0.5) is 0 Å². The minimum absolute atomic E-state index is 0.0828. The van der Waals surface area contributed by atoms with E-state index in [-0.39, 0.29) is 11.3 Å². The van der Waals surface area contributed by atoms with E-state index in [0.29, 0.717) is 25.0 Å². The molecule has 0 unspecified atom stereocenters. The van der Waals surface area contributed by atoms with Crippen LogP contribution in [0.5, 0.6) is 0 Å². The van der Waals surface area contributed by atoms with E-state index >= 15 is 0 Å². The molecular weight excluding hydrogens is 142 g/mol. The van der Waals surface area contributed by atoms with Crippen molar-refractivity contribution < 1.29 is 9.59 Å². The number of hydrogen-bond acceptors (Lipinski definition) is 2. The average molecular weight is 153 g/mol. The molecule has 0 aromatic carbocycles. The molecule has 1 saturated heterocycles. The van der Waals surface area contributed by atoms with Crippen molar-refractivity contribution in [3.8, 4) is 0 Å². The third-order valence-electron chi connectivity index (χ3n) is 2.66. The first-order chi connectivity index (χ1) is 5.20. The first kappa shape index (κ1) is 6.83. The molecule has 1 N–H and O–H groups in total. The SMILES string of the molecule is O=C1CC2(CCNC(=O)C2)C1. The minimum atomic E-state index is 0.0828. The fraction of sp³-hybridized carbons (Fsp3) is 0.750.